The van der Waals surface area contributed by atoms with Gasteiger partial charge in [-0.25, -0.2) is 4.79 Å². The van der Waals surface area contributed by atoms with E-state index < -0.39 is 18.0 Å². The van der Waals surface area contributed by atoms with E-state index >= 15 is 0 Å². The van der Waals surface area contributed by atoms with Crippen LogP contribution in [-0.4, -0.2) is 23.9 Å². The van der Waals surface area contributed by atoms with E-state index in [1.54, 1.807) is 12.1 Å². The van der Waals surface area contributed by atoms with E-state index in [1.807, 2.05) is 13.0 Å². The van der Waals surface area contributed by atoms with Gasteiger partial charge in [-0.3, -0.25) is 14.9 Å². The van der Waals surface area contributed by atoms with Crippen molar-refractivity contribution in [3.05, 3.63) is 28.2 Å². The molecule has 0 spiro atoms. The minimum Gasteiger partial charge on any atom is -0.326 e. The molecule has 7 heteroatoms. The van der Waals surface area contributed by atoms with Crippen LogP contribution in [0.25, 0.3) is 0 Å². The van der Waals surface area contributed by atoms with Crippen molar-refractivity contribution in [2.24, 2.45) is 0 Å². The number of benzene rings is 1. The van der Waals surface area contributed by atoms with Crippen LogP contribution in [0.15, 0.2) is 22.7 Å². The van der Waals surface area contributed by atoms with Gasteiger partial charge in [-0.1, -0.05) is 22.0 Å². The highest BCUT2D eigenvalue weighted by atomic mass is 79.9. The zero-order valence-electron chi connectivity index (χ0n) is 10.1. The average molecular weight is 326 g/mol. The van der Waals surface area contributed by atoms with Crippen LogP contribution in [0.2, 0.25) is 0 Å². The van der Waals surface area contributed by atoms with Crippen molar-refractivity contribution in [2.45, 2.75) is 19.4 Å². The fraction of sp³-hybridized carbons (Fsp3) is 0.250. The number of hydrogen-bond donors (Lipinski definition) is 3. The van der Waals surface area contributed by atoms with Crippen molar-refractivity contribution >= 4 is 39.5 Å². The molecule has 0 aliphatic carbocycles. The third-order valence-corrected chi connectivity index (χ3v) is 3.56. The van der Waals surface area contributed by atoms with Crippen LogP contribution in [0.5, 0.6) is 0 Å². The molecule has 1 unspecified atom stereocenters. The lowest BCUT2D eigenvalue weighted by Gasteiger charge is -2.09. The van der Waals surface area contributed by atoms with E-state index in [4.69, 9.17) is 0 Å². The number of carbonyl (C=O) groups is 3. The van der Waals surface area contributed by atoms with Crippen LogP contribution in [-0.2, 0) is 9.59 Å². The van der Waals surface area contributed by atoms with Gasteiger partial charge in [0.25, 0.3) is 5.91 Å². The van der Waals surface area contributed by atoms with Gasteiger partial charge in [0.05, 0.1) is 6.42 Å². The summed E-state index contributed by atoms with van der Waals surface area (Å²) < 4.78 is 0.886. The maximum Gasteiger partial charge on any atom is 0.322 e. The number of amides is 4. The predicted octanol–water partition coefficient (Wildman–Crippen LogP) is 1.29. The lowest BCUT2D eigenvalue weighted by Crippen LogP contribution is -2.33. The van der Waals surface area contributed by atoms with Gasteiger partial charge < -0.3 is 10.6 Å². The Morgan fingerprint density at radius 1 is 1.42 bits per heavy atom. The number of carbonyl (C=O) groups excluding carboxylic acids is 3. The van der Waals surface area contributed by atoms with Gasteiger partial charge in [0, 0.05) is 10.2 Å². The maximum absolute atomic E-state index is 11.8. The maximum atomic E-state index is 11.8. The first-order valence-corrected chi connectivity index (χ1v) is 6.42. The molecule has 1 atom stereocenters. The number of urea groups is 1. The fourth-order valence-electron chi connectivity index (χ4n) is 1.67. The van der Waals surface area contributed by atoms with Crippen LogP contribution in [0, 0.1) is 6.92 Å². The Kier molecular flexibility index (Phi) is 3.84. The van der Waals surface area contributed by atoms with Crippen LogP contribution in [0.4, 0.5) is 10.5 Å². The van der Waals surface area contributed by atoms with Crippen LogP contribution < -0.4 is 16.0 Å². The summed E-state index contributed by atoms with van der Waals surface area (Å²) in [6, 6.07) is 4.04. The average Bonchev–Trinajstić information content (AvgIpc) is 2.62. The molecule has 0 radical (unpaired) electrons. The smallest absolute Gasteiger partial charge is 0.322 e. The summed E-state index contributed by atoms with van der Waals surface area (Å²) in [5.74, 6) is -0.816. The Morgan fingerprint density at radius 2 is 2.16 bits per heavy atom. The number of imide groups is 1. The Labute approximate surface area is 118 Å². The molecule has 19 heavy (non-hydrogen) atoms. The topological polar surface area (TPSA) is 87.3 Å². The molecule has 6 nitrogen and oxygen atoms in total. The monoisotopic (exact) mass is 325 g/mol. The number of nitrogens with one attached hydrogen (secondary N) is 3. The minimum atomic E-state index is -0.804. The molecule has 4 amide bonds. The van der Waals surface area contributed by atoms with Gasteiger partial charge in [0.1, 0.15) is 6.04 Å². The van der Waals surface area contributed by atoms with Gasteiger partial charge in [-0.2, -0.15) is 0 Å². The van der Waals surface area contributed by atoms with Crippen LogP contribution >= 0.6 is 15.9 Å². The lowest BCUT2D eigenvalue weighted by atomic mass is 10.2. The van der Waals surface area contributed by atoms with E-state index in [1.165, 1.54) is 0 Å². The van der Waals surface area contributed by atoms with Crippen molar-refractivity contribution in [1.82, 2.24) is 10.6 Å². The zero-order valence-corrected chi connectivity index (χ0v) is 11.7. The third-order valence-electron chi connectivity index (χ3n) is 2.70. The highest BCUT2D eigenvalue weighted by molar-refractivity contribution is 9.10. The molecular formula is C12H12BrN3O3. The second kappa shape index (κ2) is 5.40. The summed E-state index contributed by atoms with van der Waals surface area (Å²) in [4.78, 5) is 34.0. The summed E-state index contributed by atoms with van der Waals surface area (Å²) in [5, 5.41) is 7.12. The summed E-state index contributed by atoms with van der Waals surface area (Å²) in [7, 11) is 0. The molecule has 1 saturated heterocycles. The van der Waals surface area contributed by atoms with Gasteiger partial charge >= 0.3 is 6.03 Å². The zero-order chi connectivity index (χ0) is 14.0. The molecule has 1 aromatic carbocycles. The quantitative estimate of drug-likeness (QED) is 0.732. The number of hydrogen-bond acceptors (Lipinski definition) is 3. The SMILES string of the molecule is Cc1ccc(NC(=O)CC2NC(=O)NC2=O)cc1Br. The Balaban J connectivity index is 1.96. The van der Waals surface area contributed by atoms with Gasteiger partial charge in [-0.15, -0.1) is 0 Å². The molecule has 1 aliphatic rings. The van der Waals surface area contributed by atoms with Gasteiger partial charge in [0.15, 0.2) is 0 Å². The van der Waals surface area contributed by atoms with E-state index in [0.717, 1.165) is 10.0 Å². The minimum absolute atomic E-state index is 0.0942. The first-order valence-electron chi connectivity index (χ1n) is 5.63. The van der Waals surface area contributed by atoms with Crippen molar-refractivity contribution in [3.8, 4) is 0 Å². The predicted molar refractivity (Wildman–Crippen MR) is 72.6 cm³/mol. The second-order valence-corrected chi connectivity index (χ2v) is 5.09. The molecule has 3 N–H and O–H groups in total. The first-order chi connectivity index (χ1) is 8.95. The second-order valence-electron chi connectivity index (χ2n) is 4.23. The Hall–Kier alpha value is -1.89. The fourth-order valence-corrected chi connectivity index (χ4v) is 2.05. The highest BCUT2D eigenvalue weighted by Gasteiger charge is 2.31. The largest absolute Gasteiger partial charge is 0.326 e. The molecular weight excluding hydrogens is 314 g/mol. The van der Waals surface area contributed by atoms with Gasteiger partial charge in [-0.05, 0) is 24.6 Å². The van der Waals surface area contributed by atoms with Crippen LogP contribution in [0.3, 0.4) is 0 Å². The summed E-state index contributed by atoms with van der Waals surface area (Å²) in [6.45, 7) is 1.94. The van der Waals surface area contributed by atoms with Crippen molar-refractivity contribution < 1.29 is 14.4 Å². The molecule has 100 valence electrons. The van der Waals surface area contributed by atoms with Gasteiger partial charge in [0.2, 0.25) is 5.91 Å². The molecule has 0 aromatic heterocycles. The molecule has 0 saturated carbocycles. The Morgan fingerprint density at radius 3 is 2.74 bits per heavy atom. The standard InChI is InChI=1S/C12H12BrN3O3/c1-6-2-3-7(4-8(6)13)14-10(17)5-9-11(18)16-12(19)15-9/h2-4,9H,5H2,1H3,(H,14,17)(H2,15,16,18,19). The van der Waals surface area contributed by atoms with E-state index in [2.05, 4.69) is 31.9 Å². The number of rotatable bonds is 3. The molecule has 0 bridgehead atoms. The Bertz CT molecular complexity index is 559. The molecule has 2 rings (SSSR count). The van der Waals surface area contributed by atoms with Crippen molar-refractivity contribution in [3.63, 3.8) is 0 Å². The summed E-state index contributed by atoms with van der Waals surface area (Å²) >= 11 is 3.37. The van der Waals surface area contributed by atoms with E-state index in [-0.39, 0.29) is 12.3 Å². The normalized spacial score (nSPS) is 17.9. The number of aryl methyl sites for hydroxylation is 1. The molecule has 1 aromatic rings. The highest BCUT2D eigenvalue weighted by Crippen LogP contribution is 2.20. The summed E-state index contributed by atoms with van der Waals surface area (Å²) in [5.41, 5.74) is 1.69. The first kappa shape index (κ1) is 13.5. The molecule has 1 heterocycles. The van der Waals surface area contributed by atoms with E-state index in [0.29, 0.717) is 5.69 Å². The third kappa shape index (κ3) is 3.31. The number of anilines is 1. The summed E-state index contributed by atoms with van der Waals surface area (Å²) in [6.07, 6.45) is -0.0942. The lowest BCUT2D eigenvalue weighted by molar-refractivity contribution is -0.124. The van der Waals surface area contributed by atoms with Crippen molar-refractivity contribution in [1.29, 1.82) is 0 Å². The molecule has 1 fully saturated rings. The molecule has 1 aliphatic heterocycles. The van der Waals surface area contributed by atoms with Crippen LogP contribution in [0.1, 0.15) is 12.0 Å². The van der Waals surface area contributed by atoms with Crippen molar-refractivity contribution in [2.75, 3.05) is 5.32 Å². The van der Waals surface area contributed by atoms with E-state index in [9.17, 15) is 14.4 Å². The number of halogens is 1.